The molecule has 1 rings (SSSR count). The Labute approximate surface area is 82.6 Å². The predicted octanol–water partition coefficient (Wildman–Crippen LogP) is -0.295. The Morgan fingerprint density at radius 2 is 1.62 bits per heavy atom. The van der Waals surface area contributed by atoms with Crippen molar-refractivity contribution in [2.45, 2.75) is 6.92 Å². The molecule has 0 aliphatic carbocycles. The average Bonchev–Trinajstić information content (AvgIpc) is 2.17. The standard InChI is InChI=1S/C7H13N3O2S/c1-6(11)9-2-4-10(5-3-9)7(12)8-13/h13H,2-5H2,1H3,(H,8,12). The number of nitrogens with zero attached hydrogens (tertiary/aromatic N) is 2. The van der Waals surface area contributed by atoms with Crippen molar-refractivity contribution < 1.29 is 9.59 Å². The molecule has 1 aliphatic heterocycles. The van der Waals surface area contributed by atoms with Gasteiger partial charge in [0.25, 0.3) is 0 Å². The first-order chi connectivity index (χ1) is 6.15. The van der Waals surface area contributed by atoms with Crippen LogP contribution in [0, 0.1) is 0 Å². The molecular weight excluding hydrogens is 190 g/mol. The molecule has 6 heteroatoms. The Kier molecular flexibility index (Phi) is 3.41. The Bertz CT molecular complexity index is 214. The summed E-state index contributed by atoms with van der Waals surface area (Å²) in [5.74, 6) is 0.0610. The van der Waals surface area contributed by atoms with Crippen molar-refractivity contribution in [1.29, 1.82) is 0 Å². The number of nitrogens with one attached hydrogen (secondary N) is 1. The van der Waals surface area contributed by atoms with E-state index in [1.165, 1.54) is 6.92 Å². The maximum absolute atomic E-state index is 11.1. The lowest BCUT2D eigenvalue weighted by atomic mass is 10.3. The topological polar surface area (TPSA) is 52.7 Å². The third-order valence-electron chi connectivity index (χ3n) is 2.11. The first kappa shape index (κ1) is 10.2. The molecule has 0 saturated carbocycles. The van der Waals surface area contributed by atoms with E-state index in [0.717, 1.165) is 0 Å². The number of amides is 3. The fourth-order valence-corrected chi connectivity index (χ4v) is 1.44. The fourth-order valence-electron chi connectivity index (χ4n) is 1.30. The van der Waals surface area contributed by atoms with Crippen molar-refractivity contribution in [2.24, 2.45) is 0 Å². The molecule has 1 heterocycles. The van der Waals surface area contributed by atoms with Crippen molar-refractivity contribution in [3.05, 3.63) is 0 Å². The molecule has 0 atom stereocenters. The lowest BCUT2D eigenvalue weighted by Gasteiger charge is -2.33. The second-order valence-corrected chi connectivity index (χ2v) is 3.13. The maximum Gasteiger partial charge on any atom is 0.327 e. The van der Waals surface area contributed by atoms with Crippen LogP contribution in [-0.2, 0) is 4.79 Å². The van der Waals surface area contributed by atoms with Crippen LogP contribution in [0.2, 0.25) is 0 Å². The number of hydrogen-bond acceptors (Lipinski definition) is 3. The first-order valence-electron chi connectivity index (χ1n) is 4.09. The maximum atomic E-state index is 11.1. The van der Waals surface area contributed by atoms with Crippen LogP contribution in [0.25, 0.3) is 0 Å². The summed E-state index contributed by atoms with van der Waals surface area (Å²) >= 11 is 3.67. The van der Waals surface area contributed by atoms with Crippen LogP contribution in [0.15, 0.2) is 0 Å². The van der Waals surface area contributed by atoms with E-state index in [-0.39, 0.29) is 11.9 Å². The number of urea groups is 1. The summed E-state index contributed by atoms with van der Waals surface area (Å²) < 4.78 is 2.26. The van der Waals surface area contributed by atoms with Gasteiger partial charge in [-0.2, -0.15) is 0 Å². The van der Waals surface area contributed by atoms with Crippen LogP contribution in [0.3, 0.4) is 0 Å². The molecule has 0 unspecified atom stereocenters. The first-order valence-corrected chi connectivity index (χ1v) is 4.54. The third kappa shape index (κ3) is 2.51. The van der Waals surface area contributed by atoms with Crippen LogP contribution in [0.5, 0.6) is 0 Å². The molecule has 1 fully saturated rings. The van der Waals surface area contributed by atoms with Crippen molar-refractivity contribution >= 4 is 24.8 Å². The zero-order valence-corrected chi connectivity index (χ0v) is 8.38. The number of thiol groups is 1. The van der Waals surface area contributed by atoms with Gasteiger partial charge in [0, 0.05) is 33.1 Å². The van der Waals surface area contributed by atoms with Gasteiger partial charge >= 0.3 is 6.03 Å². The lowest BCUT2D eigenvalue weighted by molar-refractivity contribution is -0.130. The highest BCUT2D eigenvalue weighted by Gasteiger charge is 2.21. The number of piperazine rings is 1. The SMILES string of the molecule is CC(=O)N1CCN(C(=O)NS)CC1. The largest absolute Gasteiger partial charge is 0.339 e. The second-order valence-electron chi connectivity index (χ2n) is 2.91. The smallest absolute Gasteiger partial charge is 0.327 e. The van der Waals surface area contributed by atoms with Gasteiger partial charge in [0.05, 0.1) is 0 Å². The van der Waals surface area contributed by atoms with E-state index >= 15 is 0 Å². The van der Waals surface area contributed by atoms with Gasteiger partial charge in [0.1, 0.15) is 0 Å². The van der Waals surface area contributed by atoms with E-state index in [2.05, 4.69) is 17.5 Å². The van der Waals surface area contributed by atoms with Gasteiger partial charge in [0.2, 0.25) is 5.91 Å². The van der Waals surface area contributed by atoms with Crippen LogP contribution in [0.4, 0.5) is 4.79 Å². The Morgan fingerprint density at radius 3 is 2.00 bits per heavy atom. The van der Waals surface area contributed by atoms with Gasteiger partial charge in [-0.3, -0.25) is 9.52 Å². The van der Waals surface area contributed by atoms with Gasteiger partial charge in [-0.25, -0.2) is 4.79 Å². The third-order valence-corrected chi connectivity index (χ3v) is 2.30. The molecule has 13 heavy (non-hydrogen) atoms. The highest BCUT2D eigenvalue weighted by molar-refractivity contribution is 7.78. The van der Waals surface area contributed by atoms with Crippen molar-refractivity contribution in [3.63, 3.8) is 0 Å². The van der Waals surface area contributed by atoms with Crippen LogP contribution >= 0.6 is 12.8 Å². The van der Waals surface area contributed by atoms with E-state index in [1.54, 1.807) is 9.80 Å². The minimum Gasteiger partial charge on any atom is -0.339 e. The summed E-state index contributed by atoms with van der Waals surface area (Å²) in [5, 5.41) is 0. The van der Waals surface area contributed by atoms with Crippen molar-refractivity contribution in [2.75, 3.05) is 26.2 Å². The molecule has 74 valence electrons. The van der Waals surface area contributed by atoms with Gasteiger partial charge in [0.15, 0.2) is 0 Å². The quantitative estimate of drug-likeness (QED) is 0.531. The van der Waals surface area contributed by atoms with Crippen molar-refractivity contribution in [1.82, 2.24) is 14.5 Å². The summed E-state index contributed by atoms with van der Waals surface area (Å²) in [4.78, 5) is 25.4. The van der Waals surface area contributed by atoms with E-state index in [1.807, 2.05) is 0 Å². The summed E-state index contributed by atoms with van der Waals surface area (Å²) in [6.45, 7) is 3.90. The fraction of sp³-hybridized carbons (Fsp3) is 0.714. The van der Waals surface area contributed by atoms with E-state index in [9.17, 15) is 9.59 Å². The molecule has 1 N–H and O–H groups in total. The molecule has 0 bridgehead atoms. The van der Waals surface area contributed by atoms with E-state index in [4.69, 9.17) is 0 Å². The highest BCUT2D eigenvalue weighted by Crippen LogP contribution is 2.01. The molecule has 0 aromatic heterocycles. The summed E-state index contributed by atoms with van der Waals surface area (Å²) in [6.07, 6.45) is 0. The van der Waals surface area contributed by atoms with Crippen molar-refractivity contribution in [3.8, 4) is 0 Å². The molecule has 0 radical (unpaired) electrons. The molecule has 1 saturated heterocycles. The summed E-state index contributed by atoms with van der Waals surface area (Å²) in [5.41, 5.74) is 0. The monoisotopic (exact) mass is 203 g/mol. The molecule has 3 amide bonds. The second kappa shape index (κ2) is 4.36. The minimum atomic E-state index is -0.202. The number of hydrogen-bond donors (Lipinski definition) is 2. The van der Waals surface area contributed by atoms with E-state index < -0.39 is 0 Å². The van der Waals surface area contributed by atoms with Gasteiger partial charge in [-0.1, -0.05) is 12.8 Å². The van der Waals surface area contributed by atoms with Gasteiger partial charge in [-0.15, -0.1) is 0 Å². The van der Waals surface area contributed by atoms with E-state index in [0.29, 0.717) is 26.2 Å². The number of rotatable bonds is 0. The molecule has 0 aromatic rings. The summed E-state index contributed by atoms with van der Waals surface area (Å²) in [6, 6.07) is -0.202. The average molecular weight is 203 g/mol. The Morgan fingerprint density at radius 1 is 1.15 bits per heavy atom. The molecule has 1 aliphatic rings. The molecule has 5 nitrogen and oxygen atoms in total. The highest BCUT2D eigenvalue weighted by atomic mass is 32.1. The van der Waals surface area contributed by atoms with Gasteiger partial charge < -0.3 is 9.80 Å². The molecular formula is C7H13N3O2S. The predicted molar refractivity (Wildman–Crippen MR) is 51.3 cm³/mol. The number of carbonyl (C=O) groups is 2. The Balaban J connectivity index is 2.39. The lowest BCUT2D eigenvalue weighted by Crippen LogP contribution is -2.51. The zero-order chi connectivity index (χ0) is 9.84. The normalized spacial score (nSPS) is 17.1. The zero-order valence-electron chi connectivity index (χ0n) is 7.49. The summed E-state index contributed by atoms with van der Waals surface area (Å²) in [7, 11) is 0. The van der Waals surface area contributed by atoms with Gasteiger partial charge in [-0.05, 0) is 0 Å². The molecule has 0 aromatic carbocycles. The Hall–Kier alpha value is -0.910. The van der Waals surface area contributed by atoms with Crippen LogP contribution in [-0.4, -0.2) is 47.9 Å². The minimum absolute atomic E-state index is 0.0610. The van der Waals surface area contributed by atoms with Crippen LogP contribution < -0.4 is 4.72 Å². The molecule has 0 spiro atoms. The van der Waals surface area contributed by atoms with Crippen LogP contribution in [0.1, 0.15) is 6.92 Å². The number of carbonyl (C=O) groups excluding carboxylic acids is 2.